The molecule has 1 aliphatic rings. The van der Waals surface area contributed by atoms with Crippen molar-refractivity contribution in [2.45, 2.75) is 13.5 Å². The fraction of sp³-hybridized carbons (Fsp3) is 0.222. The second-order valence-electron chi connectivity index (χ2n) is 5.45. The van der Waals surface area contributed by atoms with Crippen LogP contribution in [0.4, 0.5) is 0 Å². The predicted octanol–water partition coefficient (Wildman–Crippen LogP) is 3.20. The standard InChI is InChI=1S/C18H16N2O4S/c1-3-20-13-8-14-15(24-10-23-14)9-16(13)25-18(20)19-17(21)11-5-4-6-12(7-11)22-2/h4-9H,3,10H2,1-2H3. The molecular weight excluding hydrogens is 340 g/mol. The number of hydrogen-bond acceptors (Lipinski definition) is 5. The van der Waals surface area contributed by atoms with Gasteiger partial charge in [-0.1, -0.05) is 17.4 Å². The molecule has 1 amide bonds. The van der Waals surface area contributed by atoms with Crippen molar-refractivity contribution < 1.29 is 19.0 Å². The quantitative estimate of drug-likeness (QED) is 0.723. The van der Waals surface area contributed by atoms with E-state index < -0.39 is 0 Å². The summed E-state index contributed by atoms with van der Waals surface area (Å²) in [5, 5.41) is 0. The highest BCUT2D eigenvalue weighted by Crippen LogP contribution is 2.36. The Morgan fingerprint density at radius 3 is 2.84 bits per heavy atom. The van der Waals surface area contributed by atoms with E-state index in [0.29, 0.717) is 22.7 Å². The summed E-state index contributed by atoms with van der Waals surface area (Å²) in [6.45, 7) is 2.96. The number of aromatic nitrogens is 1. The number of benzene rings is 2. The zero-order valence-corrected chi connectivity index (χ0v) is 14.6. The minimum absolute atomic E-state index is 0.240. The average molecular weight is 356 g/mol. The predicted molar refractivity (Wildman–Crippen MR) is 94.5 cm³/mol. The molecule has 0 spiro atoms. The largest absolute Gasteiger partial charge is 0.497 e. The maximum atomic E-state index is 12.6. The van der Waals surface area contributed by atoms with Gasteiger partial charge in [-0.3, -0.25) is 4.79 Å². The van der Waals surface area contributed by atoms with Crippen LogP contribution in [0.1, 0.15) is 17.3 Å². The maximum Gasteiger partial charge on any atom is 0.279 e. The van der Waals surface area contributed by atoms with E-state index in [1.807, 2.05) is 23.6 Å². The molecule has 0 atom stereocenters. The molecule has 6 nitrogen and oxygen atoms in total. The number of carbonyl (C=O) groups is 1. The molecule has 7 heteroatoms. The molecule has 4 rings (SSSR count). The van der Waals surface area contributed by atoms with Crippen molar-refractivity contribution in [3.63, 3.8) is 0 Å². The van der Waals surface area contributed by atoms with E-state index in [1.165, 1.54) is 11.3 Å². The number of carbonyl (C=O) groups excluding carboxylic acids is 1. The zero-order valence-electron chi connectivity index (χ0n) is 13.8. The Morgan fingerprint density at radius 2 is 2.08 bits per heavy atom. The van der Waals surface area contributed by atoms with Crippen molar-refractivity contribution in [1.82, 2.24) is 4.57 Å². The van der Waals surface area contributed by atoms with Gasteiger partial charge in [0.05, 0.1) is 17.3 Å². The molecule has 0 bridgehead atoms. The molecule has 3 aromatic rings. The van der Waals surface area contributed by atoms with Crippen LogP contribution in [-0.2, 0) is 6.54 Å². The lowest BCUT2D eigenvalue weighted by Crippen LogP contribution is -2.15. The van der Waals surface area contributed by atoms with Gasteiger partial charge in [0, 0.05) is 24.2 Å². The lowest BCUT2D eigenvalue weighted by molar-refractivity contribution is 0.0997. The number of aryl methyl sites for hydroxylation is 1. The third-order valence-electron chi connectivity index (χ3n) is 4.01. The van der Waals surface area contributed by atoms with Gasteiger partial charge in [-0.25, -0.2) is 0 Å². The first-order chi connectivity index (χ1) is 12.2. The van der Waals surface area contributed by atoms with Crippen molar-refractivity contribution in [1.29, 1.82) is 0 Å². The highest BCUT2D eigenvalue weighted by molar-refractivity contribution is 7.16. The Kier molecular flexibility index (Phi) is 3.93. The van der Waals surface area contributed by atoms with Crippen molar-refractivity contribution in [3.8, 4) is 17.2 Å². The Labute approximate surface area is 147 Å². The molecular formula is C18H16N2O4S. The third-order valence-corrected chi connectivity index (χ3v) is 5.05. The summed E-state index contributed by atoms with van der Waals surface area (Å²) in [7, 11) is 1.57. The molecule has 0 aliphatic carbocycles. The molecule has 2 aromatic carbocycles. The number of ether oxygens (including phenoxy) is 3. The fourth-order valence-corrected chi connectivity index (χ4v) is 3.86. The summed E-state index contributed by atoms with van der Waals surface area (Å²) >= 11 is 1.46. The van der Waals surface area contributed by atoms with E-state index in [9.17, 15) is 4.79 Å². The molecule has 0 fully saturated rings. The van der Waals surface area contributed by atoms with Crippen LogP contribution in [0.15, 0.2) is 41.4 Å². The van der Waals surface area contributed by atoms with Gasteiger partial charge >= 0.3 is 0 Å². The van der Waals surface area contributed by atoms with Crippen LogP contribution in [0, 0.1) is 0 Å². The summed E-state index contributed by atoms with van der Waals surface area (Å²) in [4.78, 5) is 17.5. The topological polar surface area (TPSA) is 62.1 Å². The highest BCUT2D eigenvalue weighted by atomic mass is 32.1. The van der Waals surface area contributed by atoms with Crippen molar-refractivity contribution in [3.05, 3.63) is 46.8 Å². The highest BCUT2D eigenvalue weighted by Gasteiger charge is 2.17. The van der Waals surface area contributed by atoms with Crippen LogP contribution in [-0.4, -0.2) is 24.4 Å². The van der Waals surface area contributed by atoms with E-state index in [1.54, 1.807) is 31.4 Å². The van der Waals surface area contributed by atoms with Crippen LogP contribution in [0.3, 0.4) is 0 Å². The number of methoxy groups -OCH3 is 1. The van der Waals surface area contributed by atoms with Gasteiger partial charge in [-0.15, -0.1) is 0 Å². The third kappa shape index (κ3) is 2.76. The van der Waals surface area contributed by atoms with Crippen molar-refractivity contribution >= 4 is 27.5 Å². The number of rotatable bonds is 3. The maximum absolute atomic E-state index is 12.6. The van der Waals surface area contributed by atoms with Gasteiger partial charge in [0.15, 0.2) is 16.3 Å². The number of amides is 1. The molecule has 25 heavy (non-hydrogen) atoms. The summed E-state index contributed by atoms with van der Waals surface area (Å²) in [5.74, 6) is 1.78. The zero-order chi connectivity index (χ0) is 17.4. The van der Waals surface area contributed by atoms with E-state index >= 15 is 0 Å². The molecule has 1 aliphatic heterocycles. The average Bonchev–Trinajstić information content (AvgIpc) is 3.22. The number of hydrogen-bond donors (Lipinski definition) is 0. The number of fused-ring (bicyclic) bond motifs is 2. The van der Waals surface area contributed by atoms with Crippen LogP contribution < -0.4 is 19.0 Å². The molecule has 0 saturated carbocycles. The van der Waals surface area contributed by atoms with Crippen LogP contribution in [0.5, 0.6) is 17.2 Å². The first-order valence-corrected chi connectivity index (χ1v) is 8.67. The fourth-order valence-electron chi connectivity index (χ4n) is 2.76. The number of nitrogens with zero attached hydrogens (tertiary/aromatic N) is 2. The molecule has 2 heterocycles. The van der Waals surface area contributed by atoms with Gasteiger partial charge in [0.2, 0.25) is 6.79 Å². The van der Waals surface area contributed by atoms with Crippen molar-refractivity contribution in [2.24, 2.45) is 4.99 Å². The molecule has 0 saturated heterocycles. The lowest BCUT2D eigenvalue weighted by Gasteiger charge is -2.02. The SMILES string of the molecule is CCn1c(=NC(=O)c2cccc(OC)c2)sc2cc3c(cc21)OCO3. The normalized spacial score (nSPS) is 13.4. The Hall–Kier alpha value is -2.80. The minimum atomic E-state index is -0.298. The van der Waals surface area contributed by atoms with Gasteiger partial charge in [0.1, 0.15) is 5.75 Å². The molecule has 128 valence electrons. The van der Waals surface area contributed by atoms with Crippen LogP contribution in [0.2, 0.25) is 0 Å². The summed E-state index contributed by atoms with van der Waals surface area (Å²) in [6.07, 6.45) is 0. The smallest absolute Gasteiger partial charge is 0.279 e. The lowest BCUT2D eigenvalue weighted by atomic mass is 10.2. The molecule has 0 radical (unpaired) electrons. The van der Waals surface area contributed by atoms with E-state index in [2.05, 4.69) is 4.99 Å². The molecule has 0 N–H and O–H groups in total. The second-order valence-corrected chi connectivity index (χ2v) is 6.46. The molecule has 0 unspecified atom stereocenters. The summed E-state index contributed by atoms with van der Waals surface area (Å²) in [5.41, 5.74) is 1.47. The second kappa shape index (κ2) is 6.25. The Balaban J connectivity index is 1.82. The van der Waals surface area contributed by atoms with Gasteiger partial charge < -0.3 is 18.8 Å². The molecule has 1 aromatic heterocycles. The van der Waals surface area contributed by atoms with E-state index in [4.69, 9.17) is 14.2 Å². The Bertz CT molecular complexity index is 1040. The Morgan fingerprint density at radius 1 is 1.28 bits per heavy atom. The first kappa shape index (κ1) is 15.7. The van der Waals surface area contributed by atoms with Crippen LogP contribution >= 0.6 is 11.3 Å². The monoisotopic (exact) mass is 356 g/mol. The summed E-state index contributed by atoms with van der Waals surface area (Å²) in [6, 6.07) is 10.9. The number of thiazole rings is 1. The van der Waals surface area contributed by atoms with Gasteiger partial charge in [0.25, 0.3) is 5.91 Å². The van der Waals surface area contributed by atoms with Crippen LogP contribution in [0.25, 0.3) is 10.2 Å². The van der Waals surface area contributed by atoms with E-state index in [-0.39, 0.29) is 12.7 Å². The van der Waals surface area contributed by atoms with E-state index in [0.717, 1.165) is 21.7 Å². The summed E-state index contributed by atoms with van der Waals surface area (Å²) < 4.78 is 19.0. The first-order valence-electron chi connectivity index (χ1n) is 7.85. The van der Waals surface area contributed by atoms with Gasteiger partial charge in [-0.05, 0) is 25.1 Å². The van der Waals surface area contributed by atoms with Gasteiger partial charge in [-0.2, -0.15) is 4.99 Å². The van der Waals surface area contributed by atoms with Crippen molar-refractivity contribution in [2.75, 3.05) is 13.9 Å². The minimum Gasteiger partial charge on any atom is -0.497 e.